The van der Waals surface area contributed by atoms with Gasteiger partial charge in [0.15, 0.2) is 30.2 Å². The van der Waals surface area contributed by atoms with E-state index in [2.05, 4.69) is 5.32 Å². The van der Waals surface area contributed by atoms with Crippen LogP contribution < -0.4 is 5.32 Å². The summed E-state index contributed by atoms with van der Waals surface area (Å²) in [5.41, 5.74) is -1.43. The summed E-state index contributed by atoms with van der Waals surface area (Å²) < 4.78 is 55.8. The molecule has 0 bridgehead atoms. The number of alkyl carbamates (subject to hydrolysis) is 1. The summed E-state index contributed by atoms with van der Waals surface area (Å²) in [6, 6.07) is -1.41. The number of hydrogen-bond donors (Lipinski definition) is 1. The van der Waals surface area contributed by atoms with E-state index in [9.17, 15) is 24.0 Å². The van der Waals surface area contributed by atoms with Gasteiger partial charge in [0.1, 0.15) is 50.3 Å². The summed E-state index contributed by atoms with van der Waals surface area (Å²) in [5, 5.41) is 1.18. The third-order valence-electron chi connectivity index (χ3n) is 8.18. The Hall–Kier alpha value is -1.75. The van der Waals surface area contributed by atoms with Crippen LogP contribution in [0.15, 0.2) is 0 Å². The Morgan fingerprint density at radius 1 is 0.741 bits per heavy atom. The fourth-order valence-corrected chi connectivity index (χ4v) is 10.4. The van der Waals surface area contributed by atoms with Crippen molar-refractivity contribution >= 4 is 84.9 Å². The number of carbonyl (C=O) groups excluding carboxylic acids is 5. The van der Waals surface area contributed by atoms with Gasteiger partial charge in [-0.1, -0.05) is 87.9 Å². The average molecular weight is 876 g/mol. The van der Waals surface area contributed by atoms with Crippen molar-refractivity contribution < 1.29 is 80.8 Å². The van der Waals surface area contributed by atoms with Gasteiger partial charge in [-0.05, 0) is 0 Å². The van der Waals surface area contributed by atoms with E-state index < -0.39 is 126 Å². The van der Waals surface area contributed by atoms with Gasteiger partial charge < -0.3 is 43.2 Å². The maximum absolute atomic E-state index is 13.1. The van der Waals surface area contributed by atoms with Crippen molar-refractivity contribution in [1.29, 1.82) is 0 Å². The lowest BCUT2D eigenvalue weighted by Crippen LogP contribution is -2.69. The summed E-state index contributed by atoms with van der Waals surface area (Å²) in [6.07, 6.45) is -13.0. The smallest absolute Gasteiger partial charge is 0.419 e. The van der Waals surface area contributed by atoms with E-state index in [1.165, 1.54) is 0 Å². The van der Waals surface area contributed by atoms with Crippen LogP contribution in [0.3, 0.4) is 0 Å². The number of amides is 1. The molecule has 0 radical (unpaired) electrons. The molecule has 10 atom stereocenters. The largest absolute Gasteiger partial charge is 0.463 e. The van der Waals surface area contributed by atoms with Crippen molar-refractivity contribution in [3.63, 3.8) is 0 Å². The summed E-state index contributed by atoms with van der Waals surface area (Å²) in [4.78, 5) is 74.1. The molecule has 3 saturated heterocycles. The minimum Gasteiger partial charge on any atom is -0.463 e. The van der Waals surface area contributed by atoms with E-state index in [-0.39, 0.29) is 6.61 Å². The number of rotatable bonds is 9. The molecule has 0 aromatic heterocycles. The van der Waals surface area contributed by atoms with E-state index in [0.717, 1.165) is 27.7 Å². The highest BCUT2D eigenvalue weighted by Crippen LogP contribution is 2.53. The molecule has 0 saturated carbocycles. The third-order valence-corrected chi connectivity index (χ3v) is 13.5. The Balaban J connectivity index is 2.18. The van der Waals surface area contributed by atoms with Crippen LogP contribution in [-0.4, -0.2) is 123 Å². The number of ether oxygens (including phenoxy) is 8. The van der Waals surface area contributed by atoms with Gasteiger partial charge in [-0.2, -0.15) is 0 Å². The molecule has 18 nitrogen and oxygen atoms in total. The van der Waals surface area contributed by atoms with Crippen LogP contribution in [0.4, 0.5) is 4.79 Å². The van der Waals surface area contributed by atoms with Crippen LogP contribution in [0.1, 0.15) is 69.2 Å². The maximum atomic E-state index is 13.1. The number of nitrogens with one attached hydrogen (secondary N) is 1. The highest BCUT2D eigenvalue weighted by atomic mass is 35.6. The van der Waals surface area contributed by atoms with Crippen molar-refractivity contribution in [3.05, 3.63) is 0 Å². The standard InChI is InChI=1S/C31H47Cl4NO17Si/c1-14(37)42-11-18-21(45-15(2)38)24(46-16(3)39)25(47-17(4)40)27(49-18)50-23-20(36-28(41)43-13-31(33,34)35)26(32)48-19-12-44-52-54(29(5,6)7,30(8,9)10)53-51-22(19)23/h18-27H,11-13H2,1-10H3,(H,36,41)/t18-,19-,20-,21+,22+,23-,24+,25-,26+,27+/m1/s1. The predicted molar refractivity (Wildman–Crippen MR) is 188 cm³/mol. The van der Waals surface area contributed by atoms with Gasteiger partial charge in [-0.25, -0.2) is 23.7 Å². The summed E-state index contributed by atoms with van der Waals surface area (Å²) in [7, 11) is -3.55. The number of halogens is 4. The second-order valence-electron chi connectivity index (χ2n) is 14.7. The third kappa shape index (κ3) is 12.1. The van der Waals surface area contributed by atoms with E-state index in [1.54, 1.807) is 0 Å². The molecule has 1 amide bonds. The molecule has 1 N–H and O–H groups in total. The second-order valence-corrected chi connectivity index (χ2v) is 22.2. The zero-order chi connectivity index (χ0) is 41.0. The lowest BCUT2D eigenvalue weighted by molar-refractivity contribution is -0.402. The van der Waals surface area contributed by atoms with Crippen molar-refractivity contribution in [2.24, 2.45) is 0 Å². The Morgan fingerprint density at radius 2 is 1.30 bits per heavy atom. The van der Waals surface area contributed by atoms with E-state index in [4.69, 9.17) is 103 Å². The fraction of sp³-hybridized carbons (Fsp3) is 0.839. The second kappa shape index (κ2) is 18.7. The number of fused-ring (bicyclic) bond motifs is 1. The SMILES string of the molecule is CC(=O)OC[C@H]1O[C@@H](O[C@@H]2[C@@H](NC(=O)OCC(Cl)(Cl)Cl)[C@@H](Cl)O[C@@H]3COO[Si](C(C)(C)C)(C(C)(C)C)OO[C@H]23)[C@H](OC(C)=O)[C@@H](OC(C)=O)[C@H]1OC(C)=O. The van der Waals surface area contributed by atoms with Gasteiger partial charge >= 0.3 is 38.5 Å². The topological polar surface area (TPSA) is 208 Å². The molecule has 3 aliphatic heterocycles. The number of esters is 4. The molecule has 0 spiro atoms. The molecule has 23 heteroatoms. The van der Waals surface area contributed by atoms with Gasteiger partial charge in [0.25, 0.3) is 0 Å². The monoisotopic (exact) mass is 873 g/mol. The van der Waals surface area contributed by atoms with Gasteiger partial charge in [0.05, 0.1) is 0 Å². The van der Waals surface area contributed by atoms with E-state index in [1.807, 2.05) is 41.5 Å². The summed E-state index contributed by atoms with van der Waals surface area (Å²) in [5.74, 6) is -3.33. The minimum absolute atomic E-state index is 0.291. The van der Waals surface area contributed by atoms with Crippen molar-refractivity contribution in [2.45, 2.75) is 144 Å². The number of carbonyl (C=O) groups is 5. The number of hydrogen-bond acceptors (Lipinski definition) is 17. The highest BCUT2D eigenvalue weighted by Gasteiger charge is 2.64. The zero-order valence-corrected chi connectivity index (χ0v) is 35.4. The highest BCUT2D eigenvalue weighted by molar-refractivity contribution is 6.73. The maximum Gasteiger partial charge on any atom is 0.419 e. The van der Waals surface area contributed by atoms with Crippen LogP contribution in [0, 0.1) is 0 Å². The molecular weight excluding hydrogens is 828 g/mol. The van der Waals surface area contributed by atoms with E-state index >= 15 is 0 Å². The predicted octanol–water partition coefficient (Wildman–Crippen LogP) is 4.20. The van der Waals surface area contributed by atoms with Crippen molar-refractivity contribution in [2.75, 3.05) is 19.8 Å². The average Bonchev–Trinajstić information content (AvgIpc) is 2.98. The van der Waals surface area contributed by atoms with Crippen LogP contribution in [-0.2, 0) is 76.0 Å². The van der Waals surface area contributed by atoms with Gasteiger partial charge in [0, 0.05) is 37.8 Å². The quantitative estimate of drug-likeness (QED) is 0.113. The first-order valence-corrected chi connectivity index (χ1v) is 20.1. The lowest BCUT2D eigenvalue weighted by Gasteiger charge is -2.51. The normalized spacial score (nSPS) is 31.7. The van der Waals surface area contributed by atoms with Crippen LogP contribution >= 0.6 is 46.4 Å². The Morgan fingerprint density at radius 3 is 1.81 bits per heavy atom. The minimum atomic E-state index is -3.55. The Kier molecular flexibility index (Phi) is 16.1. The zero-order valence-electron chi connectivity index (χ0n) is 31.3. The first-order chi connectivity index (χ1) is 24.8. The molecule has 0 aromatic rings. The molecule has 3 heterocycles. The first-order valence-electron chi connectivity index (χ1n) is 16.7. The molecule has 3 rings (SSSR count). The number of alkyl halides is 4. The first kappa shape index (κ1) is 46.6. The molecule has 3 aliphatic rings. The molecule has 310 valence electrons. The summed E-state index contributed by atoms with van der Waals surface area (Å²) in [6.45, 7) is 14.1. The van der Waals surface area contributed by atoms with Gasteiger partial charge in [0.2, 0.25) is 3.79 Å². The van der Waals surface area contributed by atoms with Crippen molar-refractivity contribution in [3.8, 4) is 0 Å². The Bertz CT molecular complexity index is 1340. The molecule has 3 fully saturated rings. The lowest BCUT2D eigenvalue weighted by atomic mass is 9.95. The Labute approximate surface area is 333 Å². The van der Waals surface area contributed by atoms with Crippen LogP contribution in [0.25, 0.3) is 0 Å². The van der Waals surface area contributed by atoms with Gasteiger partial charge in [-0.3, -0.25) is 19.2 Å². The van der Waals surface area contributed by atoms with Crippen LogP contribution in [0.5, 0.6) is 0 Å². The molecule has 54 heavy (non-hydrogen) atoms. The summed E-state index contributed by atoms with van der Waals surface area (Å²) >= 11 is 24.0. The fourth-order valence-electron chi connectivity index (χ4n) is 6.18. The van der Waals surface area contributed by atoms with Crippen molar-refractivity contribution in [1.82, 2.24) is 5.32 Å². The molecule has 0 unspecified atom stereocenters. The van der Waals surface area contributed by atoms with Gasteiger partial charge in [-0.15, -0.1) is 0 Å². The van der Waals surface area contributed by atoms with E-state index in [0.29, 0.717) is 0 Å². The molecule has 0 aliphatic carbocycles. The molecule has 0 aromatic carbocycles. The molecular formula is C31H47Cl4NO17Si. The van der Waals surface area contributed by atoms with Crippen LogP contribution in [0.2, 0.25) is 10.1 Å².